The van der Waals surface area contributed by atoms with E-state index >= 15 is 0 Å². The fourth-order valence-corrected chi connectivity index (χ4v) is 1.53. The first kappa shape index (κ1) is 14.2. The van der Waals surface area contributed by atoms with Crippen molar-refractivity contribution in [3.63, 3.8) is 0 Å². The monoisotopic (exact) mass is 217 g/mol. The van der Waals surface area contributed by atoms with Gasteiger partial charge in [-0.3, -0.25) is 0 Å². The summed E-state index contributed by atoms with van der Waals surface area (Å²) in [5, 5.41) is 23.6. The smallest absolute Gasteiger partial charge is 0.140 e. The van der Waals surface area contributed by atoms with Gasteiger partial charge in [0.2, 0.25) is 0 Å². The number of nitrogens with zero attached hydrogens (tertiary/aromatic N) is 1. The SMILES string of the molecule is CC(CC(N)=NO)NC(CCO)C(C)C. The quantitative estimate of drug-likeness (QED) is 0.216. The Labute approximate surface area is 91.4 Å². The minimum Gasteiger partial charge on any atom is -0.409 e. The molecule has 0 bridgehead atoms. The standard InChI is InChI=1S/C10H23N3O2/c1-7(2)9(4-5-14)12-8(3)6-10(11)13-15/h7-9,12,14-15H,4-6H2,1-3H3,(H2,11,13). The summed E-state index contributed by atoms with van der Waals surface area (Å²) in [6.07, 6.45) is 1.23. The highest BCUT2D eigenvalue weighted by Gasteiger charge is 2.15. The molecule has 0 aliphatic rings. The molecule has 5 heteroatoms. The summed E-state index contributed by atoms with van der Waals surface area (Å²) in [6, 6.07) is 0.399. The van der Waals surface area contributed by atoms with Crippen LogP contribution in [0.2, 0.25) is 0 Å². The molecule has 0 radical (unpaired) electrons. The van der Waals surface area contributed by atoms with Crippen LogP contribution in [0.3, 0.4) is 0 Å². The van der Waals surface area contributed by atoms with Gasteiger partial charge in [-0.1, -0.05) is 19.0 Å². The molecule has 5 nitrogen and oxygen atoms in total. The Bertz CT molecular complexity index is 195. The van der Waals surface area contributed by atoms with E-state index < -0.39 is 0 Å². The summed E-state index contributed by atoms with van der Waals surface area (Å²) in [7, 11) is 0. The van der Waals surface area contributed by atoms with Crippen LogP contribution in [-0.4, -0.2) is 34.8 Å². The van der Waals surface area contributed by atoms with E-state index in [0.29, 0.717) is 12.3 Å². The molecular formula is C10H23N3O2. The van der Waals surface area contributed by atoms with E-state index in [4.69, 9.17) is 16.0 Å². The number of hydrogen-bond donors (Lipinski definition) is 4. The van der Waals surface area contributed by atoms with Crippen molar-refractivity contribution in [1.82, 2.24) is 5.32 Å². The van der Waals surface area contributed by atoms with E-state index in [0.717, 1.165) is 6.42 Å². The third kappa shape index (κ3) is 6.30. The minimum absolute atomic E-state index is 0.139. The molecule has 0 fully saturated rings. The lowest BCUT2D eigenvalue weighted by Crippen LogP contribution is -2.42. The molecule has 0 saturated carbocycles. The second-order valence-electron chi connectivity index (χ2n) is 4.23. The van der Waals surface area contributed by atoms with Gasteiger partial charge in [-0.05, 0) is 19.3 Å². The van der Waals surface area contributed by atoms with Gasteiger partial charge in [0.05, 0.1) is 0 Å². The van der Waals surface area contributed by atoms with Crippen LogP contribution in [0.15, 0.2) is 5.16 Å². The van der Waals surface area contributed by atoms with E-state index in [1.165, 1.54) is 0 Å². The van der Waals surface area contributed by atoms with Crippen LogP contribution in [0.4, 0.5) is 0 Å². The molecule has 2 atom stereocenters. The van der Waals surface area contributed by atoms with Gasteiger partial charge < -0.3 is 21.4 Å². The number of nitrogens with one attached hydrogen (secondary N) is 1. The van der Waals surface area contributed by atoms with E-state index in [-0.39, 0.29) is 24.5 Å². The van der Waals surface area contributed by atoms with Gasteiger partial charge in [-0.25, -0.2) is 0 Å². The van der Waals surface area contributed by atoms with Crippen LogP contribution in [0.5, 0.6) is 0 Å². The fourth-order valence-electron chi connectivity index (χ4n) is 1.53. The van der Waals surface area contributed by atoms with E-state index in [1.54, 1.807) is 0 Å². The summed E-state index contributed by atoms with van der Waals surface area (Å²) >= 11 is 0. The Morgan fingerprint density at radius 3 is 2.40 bits per heavy atom. The molecule has 0 rings (SSSR count). The molecule has 0 aromatic carbocycles. The number of oxime groups is 1. The van der Waals surface area contributed by atoms with Gasteiger partial charge in [-0.15, -0.1) is 0 Å². The Hall–Kier alpha value is -0.810. The Balaban J connectivity index is 4.04. The summed E-state index contributed by atoms with van der Waals surface area (Å²) in [4.78, 5) is 0. The molecule has 2 unspecified atom stereocenters. The summed E-state index contributed by atoms with van der Waals surface area (Å²) in [6.45, 7) is 6.35. The van der Waals surface area contributed by atoms with Gasteiger partial charge in [0.15, 0.2) is 0 Å². The third-order valence-electron chi connectivity index (χ3n) is 2.39. The van der Waals surface area contributed by atoms with E-state index in [9.17, 15) is 0 Å². The highest BCUT2D eigenvalue weighted by Crippen LogP contribution is 2.07. The lowest BCUT2D eigenvalue weighted by molar-refractivity contribution is 0.237. The molecule has 0 saturated heterocycles. The Morgan fingerprint density at radius 2 is 2.00 bits per heavy atom. The molecule has 5 N–H and O–H groups in total. The molecule has 0 spiro atoms. The lowest BCUT2D eigenvalue weighted by atomic mass is 10.00. The second kappa shape index (κ2) is 7.48. The largest absolute Gasteiger partial charge is 0.409 e. The van der Waals surface area contributed by atoms with Crippen molar-refractivity contribution in [3.8, 4) is 0 Å². The second-order valence-corrected chi connectivity index (χ2v) is 4.23. The topological polar surface area (TPSA) is 90.9 Å². The zero-order valence-electron chi connectivity index (χ0n) is 9.77. The van der Waals surface area contributed by atoms with Gasteiger partial charge >= 0.3 is 0 Å². The fraction of sp³-hybridized carbons (Fsp3) is 0.900. The molecule has 0 aliphatic carbocycles. The van der Waals surface area contributed by atoms with Crippen LogP contribution in [0, 0.1) is 5.92 Å². The van der Waals surface area contributed by atoms with Gasteiger partial charge in [0, 0.05) is 25.1 Å². The maximum absolute atomic E-state index is 8.90. The average molecular weight is 217 g/mol. The third-order valence-corrected chi connectivity index (χ3v) is 2.39. The van der Waals surface area contributed by atoms with Crippen molar-refractivity contribution >= 4 is 5.84 Å². The summed E-state index contributed by atoms with van der Waals surface area (Å²) < 4.78 is 0. The normalized spacial score (nSPS) is 16.7. The van der Waals surface area contributed by atoms with Crippen molar-refractivity contribution < 1.29 is 10.3 Å². The van der Waals surface area contributed by atoms with Crippen molar-refractivity contribution in [1.29, 1.82) is 0 Å². The minimum atomic E-state index is 0.139. The van der Waals surface area contributed by atoms with Crippen LogP contribution in [0.25, 0.3) is 0 Å². The highest BCUT2D eigenvalue weighted by atomic mass is 16.4. The first-order valence-corrected chi connectivity index (χ1v) is 5.34. The molecular weight excluding hydrogens is 194 g/mol. The predicted octanol–water partition coefficient (Wildman–Crippen LogP) is 0.508. The average Bonchev–Trinajstić information content (AvgIpc) is 2.16. The summed E-state index contributed by atoms with van der Waals surface area (Å²) in [5.74, 6) is 0.674. The van der Waals surface area contributed by atoms with E-state index in [1.807, 2.05) is 6.92 Å². The number of aliphatic hydroxyl groups is 1. The van der Waals surface area contributed by atoms with Crippen molar-refractivity contribution in [2.75, 3.05) is 6.61 Å². The zero-order valence-corrected chi connectivity index (χ0v) is 9.77. The molecule has 0 aromatic rings. The van der Waals surface area contributed by atoms with Crippen molar-refractivity contribution in [2.45, 2.75) is 45.7 Å². The lowest BCUT2D eigenvalue weighted by Gasteiger charge is -2.25. The zero-order chi connectivity index (χ0) is 11.8. The van der Waals surface area contributed by atoms with Crippen LogP contribution >= 0.6 is 0 Å². The van der Waals surface area contributed by atoms with Crippen LogP contribution < -0.4 is 11.1 Å². The molecule has 0 aromatic heterocycles. The number of hydrogen-bond acceptors (Lipinski definition) is 4. The number of amidine groups is 1. The molecule has 90 valence electrons. The van der Waals surface area contributed by atoms with Crippen molar-refractivity contribution in [3.05, 3.63) is 0 Å². The van der Waals surface area contributed by atoms with Gasteiger partial charge in [0.1, 0.15) is 5.84 Å². The molecule has 0 amide bonds. The number of rotatable bonds is 7. The molecule has 0 heterocycles. The van der Waals surface area contributed by atoms with E-state index in [2.05, 4.69) is 24.3 Å². The van der Waals surface area contributed by atoms with Crippen LogP contribution in [0.1, 0.15) is 33.6 Å². The molecule has 0 aliphatic heterocycles. The first-order valence-electron chi connectivity index (χ1n) is 5.34. The van der Waals surface area contributed by atoms with Crippen molar-refractivity contribution in [2.24, 2.45) is 16.8 Å². The Morgan fingerprint density at radius 1 is 1.40 bits per heavy atom. The first-order chi connectivity index (χ1) is 7.01. The summed E-state index contributed by atoms with van der Waals surface area (Å²) in [5.41, 5.74) is 5.41. The predicted molar refractivity (Wildman–Crippen MR) is 61.0 cm³/mol. The number of nitrogens with two attached hydrogens (primary N) is 1. The maximum atomic E-state index is 8.90. The number of aliphatic hydroxyl groups excluding tert-OH is 1. The maximum Gasteiger partial charge on any atom is 0.140 e. The Kier molecular flexibility index (Phi) is 7.07. The van der Waals surface area contributed by atoms with Crippen LogP contribution in [-0.2, 0) is 0 Å². The van der Waals surface area contributed by atoms with Gasteiger partial charge in [0.25, 0.3) is 0 Å². The highest BCUT2D eigenvalue weighted by molar-refractivity contribution is 5.80. The van der Waals surface area contributed by atoms with Gasteiger partial charge in [-0.2, -0.15) is 0 Å². The molecule has 15 heavy (non-hydrogen) atoms.